The van der Waals surface area contributed by atoms with Crippen LogP contribution in [-0.2, 0) is 0 Å². The summed E-state index contributed by atoms with van der Waals surface area (Å²) >= 11 is 11.2. The molecule has 0 fully saturated rings. The number of carbonyl (C=O) groups excluding carboxylic acids is 1. The summed E-state index contributed by atoms with van der Waals surface area (Å²) in [7, 11) is 0. The van der Waals surface area contributed by atoms with Gasteiger partial charge in [0.2, 0.25) is 5.78 Å². The number of nitrogen functional groups attached to an aromatic ring is 1. The number of nitrogens with zero attached hydrogens (tertiary/aromatic N) is 1. The molecule has 0 spiro atoms. The SMILES string of the molecule is Nc1c(C(=O)c2ccccc2)sc(S)c1C([O-])=Nc1ccc(Cl)cc1.[Na+]. The third-order valence-electron chi connectivity index (χ3n) is 3.44. The van der Waals surface area contributed by atoms with Gasteiger partial charge >= 0.3 is 29.6 Å². The first-order valence-electron chi connectivity index (χ1n) is 7.20. The van der Waals surface area contributed by atoms with Crippen LogP contribution in [0.15, 0.2) is 63.8 Å². The van der Waals surface area contributed by atoms with Crippen molar-refractivity contribution in [3.8, 4) is 0 Å². The van der Waals surface area contributed by atoms with E-state index in [1.54, 1.807) is 48.5 Å². The number of anilines is 1. The Morgan fingerprint density at radius 1 is 1.12 bits per heavy atom. The maximum Gasteiger partial charge on any atom is 1.00 e. The molecule has 3 rings (SSSR count). The zero-order chi connectivity index (χ0) is 18.0. The molecular formula is C18H12ClN2NaO2S2. The van der Waals surface area contributed by atoms with Crippen LogP contribution in [0.4, 0.5) is 11.4 Å². The number of hydrogen-bond acceptors (Lipinski definition) is 6. The zero-order valence-electron chi connectivity index (χ0n) is 13.8. The number of rotatable bonds is 4. The number of aliphatic imine (C=N–C) groups is 1. The van der Waals surface area contributed by atoms with Gasteiger partial charge in [-0.25, -0.2) is 0 Å². The molecule has 0 bridgehead atoms. The van der Waals surface area contributed by atoms with E-state index in [0.29, 0.717) is 20.5 Å². The van der Waals surface area contributed by atoms with Gasteiger partial charge in [0.05, 0.1) is 20.5 Å². The van der Waals surface area contributed by atoms with Gasteiger partial charge in [-0.3, -0.25) is 9.79 Å². The van der Waals surface area contributed by atoms with Crippen LogP contribution in [0.5, 0.6) is 0 Å². The van der Waals surface area contributed by atoms with E-state index in [9.17, 15) is 9.90 Å². The minimum Gasteiger partial charge on any atom is -0.858 e. The Kier molecular flexibility index (Phi) is 7.34. The molecular weight excluding hydrogens is 399 g/mol. The van der Waals surface area contributed by atoms with Crippen molar-refractivity contribution in [1.29, 1.82) is 0 Å². The van der Waals surface area contributed by atoms with Gasteiger partial charge in [-0.2, -0.15) is 0 Å². The van der Waals surface area contributed by atoms with E-state index < -0.39 is 5.90 Å². The van der Waals surface area contributed by atoms with Crippen molar-refractivity contribution in [3.05, 3.63) is 75.6 Å². The summed E-state index contributed by atoms with van der Waals surface area (Å²) in [4.78, 5) is 16.9. The molecule has 126 valence electrons. The van der Waals surface area contributed by atoms with Crippen LogP contribution in [-0.4, -0.2) is 11.7 Å². The van der Waals surface area contributed by atoms with Gasteiger partial charge in [-0.1, -0.05) is 41.9 Å². The van der Waals surface area contributed by atoms with Gasteiger partial charge in [-0.15, -0.1) is 24.0 Å². The Balaban J connectivity index is 0.00000243. The molecule has 0 saturated carbocycles. The molecule has 0 unspecified atom stereocenters. The van der Waals surface area contributed by atoms with Crippen molar-refractivity contribution in [3.63, 3.8) is 0 Å². The molecule has 8 heteroatoms. The number of benzene rings is 2. The van der Waals surface area contributed by atoms with Crippen molar-refractivity contribution in [1.82, 2.24) is 0 Å². The van der Waals surface area contributed by atoms with E-state index in [-0.39, 0.29) is 51.5 Å². The first-order valence-corrected chi connectivity index (χ1v) is 8.84. The van der Waals surface area contributed by atoms with Gasteiger partial charge in [0.15, 0.2) is 0 Å². The van der Waals surface area contributed by atoms with Crippen LogP contribution in [0.25, 0.3) is 0 Å². The van der Waals surface area contributed by atoms with Crippen molar-refractivity contribution in [2.24, 2.45) is 4.99 Å². The molecule has 0 aliphatic rings. The predicted octanol–water partition coefficient (Wildman–Crippen LogP) is 0.946. The van der Waals surface area contributed by atoms with E-state index in [1.165, 1.54) is 0 Å². The minimum absolute atomic E-state index is 0. The molecule has 0 atom stereocenters. The van der Waals surface area contributed by atoms with Gasteiger partial charge in [0.1, 0.15) is 0 Å². The van der Waals surface area contributed by atoms with Gasteiger partial charge in [-0.05, 0) is 30.2 Å². The number of carbonyl (C=O) groups is 1. The molecule has 0 aliphatic carbocycles. The molecule has 1 aromatic heterocycles. The van der Waals surface area contributed by atoms with Gasteiger partial charge in [0, 0.05) is 16.1 Å². The molecule has 1 heterocycles. The number of halogens is 1. The summed E-state index contributed by atoms with van der Waals surface area (Å²) in [5.41, 5.74) is 7.25. The van der Waals surface area contributed by atoms with Crippen LogP contribution >= 0.6 is 35.6 Å². The van der Waals surface area contributed by atoms with Crippen LogP contribution in [0.3, 0.4) is 0 Å². The van der Waals surface area contributed by atoms with Crippen LogP contribution < -0.4 is 40.4 Å². The Labute approximate surface area is 187 Å². The number of thiophene rings is 1. The fourth-order valence-corrected chi connectivity index (χ4v) is 3.75. The number of nitrogens with two attached hydrogens (primary N) is 1. The first-order chi connectivity index (χ1) is 12.0. The van der Waals surface area contributed by atoms with Crippen molar-refractivity contribution in [2.45, 2.75) is 4.21 Å². The number of ketones is 1. The third kappa shape index (κ3) is 4.52. The van der Waals surface area contributed by atoms with Gasteiger partial charge in [0.25, 0.3) is 0 Å². The summed E-state index contributed by atoms with van der Waals surface area (Å²) in [6.07, 6.45) is 0. The molecule has 2 N–H and O–H groups in total. The standard InChI is InChI=1S/C18H13ClN2O2S2.Na/c19-11-6-8-12(9-7-11)21-17(23)13-14(20)16(25-18(13)24)15(22)10-4-2-1-3-5-10;/h1-9,24H,20H2,(H,21,23);/q;+1/p-1. The van der Waals surface area contributed by atoms with Crippen LogP contribution in [0, 0.1) is 0 Å². The molecule has 2 aromatic carbocycles. The largest absolute Gasteiger partial charge is 1.00 e. The van der Waals surface area contributed by atoms with E-state index in [2.05, 4.69) is 17.6 Å². The molecule has 3 aromatic rings. The van der Waals surface area contributed by atoms with Gasteiger partial charge < -0.3 is 10.8 Å². The predicted molar refractivity (Wildman–Crippen MR) is 104 cm³/mol. The summed E-state index contributed by atoms with van der Waals surface area (Å²) in [5, 5.41) is 13.0. The van der Waals surface area contributed by atoms with Crippen LogP contribution in [0.2, 0.25) is 5.02 Å². The molecule has 4 nitrogen and oxygen atoms in total. The maximum absolute atomic E-state index is 12.6. The Hall–Kier alpha value is -1.28. The van der Waals surface area contributed by atoms with E-state index >= 15 is 0 Å². The van der Waals surface area contributed by atoms with Crippen molar-refractivity contribution < 1.29 is 39.5 Å². The van der Waals surface area contributed by atoms with E-state index in [4.69, 9.17) is 17.3 Å². The van der Waals surface area contributed by atoms with Crippen molar-refractivity contribution >= 4 is 58.6 Å². The van der Waals surface area contributed by atoms with Crippen molar-refractivity contribution in [2.75, 3.05) is 5.73 Å². The first kappa shape index (κ1) is 21.0. The average molecular weight is 411 g/mol. The summed E-state index contributed by atoms with van der Waals surface area (Å²) in [5.74, 6) is -0.794. The second-order valence-electron chi connectivity index (χ2n) is 5.11. The molecule has 0 amide bonds. The summed E-state index contributed by atoms with van der Waals surface area (Å²) < 4.78 is 0.361. The number of thiol groups is 1. The Morgan fingerprint density at radius 2 is 1.73 bits per heavy atom. The fraction of sp³-hybridized carbons (Fsp3) is 0. The third-order valence-corrected chi connectivity index (χ3v) is 5.20. The normalized spacial score (nSPS) is 11.1. The molecule has 0 radical (unpaired) electrons. The fourth-order valence-electron chi connectivity index (χ4n) is 2.22. The van der Waals surface area contributed by atoms with E-state index in [1.807, 2.05) is 6.07 Å². The van der Waals surface area contributed by atoms with E-state index in [0.717, 1.165) is 11.3 Å². The Bertz CT molecular complexity index is 957. The smallest absolute Gasteiger partial charge is 0.858 e. The molecule has 0 aliphatic heterocycles. The quantitative estimate of drug-likeness (QED) is 0.221. The maximum atomic E-state index is 12.6. The minimum atomic E-state index is -0.548. The second kappa shape index (κ2) is 9.08. The summed E-state index contributed by atoms with van der Waals surface area (Å²) in [6.45, 7) is 0. The monoisotopic (exact) mass is 410 g/mol. The second-order valence-corrected chi connectivity index (χ2v) is 7.32. The number of hydrogen-bond donors (Lipinski definition) is 2. The van der Waals surface area contributed by atoms with Crippen LogP contribution in [0.1, 0.15) is 20.8 Å². The Morgan fingerprint density at radius 3 is 2.35 bits per heavy atom. The average Bonchev–Trinajstić information content (AvgIpc) is 2.91. The topological polar surface area (TPSA) is 78.5 Å². The summed E-state index contributed by atoms with van der Waals surface area (Å²) in [6, 6.07) is 15.2. The molecule has 0 saturated heterocycles. The zero-order valence-corrected chi connectivity index (χ0v) is 18.2. The molecule has 26 heavy (non-hydrogen) atoms.